The lowest BCUT2D eigenvalue weighted by molar-refractivity contribution is -0.142. The van der Waals surface area contributed by atoms with E-state index in [1.54, 1.807) is 30.3 Å². The molecule has 2 atom stereocenters. The third-order valence-corrected chi connectivity index (χ3v) is 3.88. The molecule has 0 radical (unpaired) electrons. The molecule has 20 heavy (non-hydrogen) atoms. The van der Waals surface area contributed by atoms with Crippen molar-refractivity contribution in [1.29, 1.82) is 0 Å². The van der Waals surface area contributed by atoms with Crippen LogP contribution < -0.4 is 5.32 Å². The highest BCUT2D eigenvalue weighted by atomic mass is 32.2. The van der Waals surface area contributed by atoms with Gasteiger partial charge in [-0.05, 0) is 17.7 Å². The second-order valence-electron chi connectivity index (χ2n) is 4.29. The molecule has 3 N–H and O–H groups in total. The Bertz CT molecular complexity index is 438. The highest BCUT2D eigenvalue weighted by molar-refractivity contribution is 7.99. The summed E-state index contributed by atoms with van der Waals surface area (Å²) in [5.74, 6) is -0.667. The van der Waals surface area contributed by atoms with Crippen molar-refractivity contribution in [2.75, 3.05) is 11.5 Å². The predicted octanol–water partition coefficient (Wildman–Crippen LogP) is 1.43. The van der Waals surface area contributed by atoms with Crippen molar-refractivity contribution < 1.29 is 19.8 Å². The summed E-state index contributed by atoms with van der Waals surface area (Å²) in [6, 6.07) is 7.43. The maximum absolute atomic E-state index is 11.9. The number of thioether (sulfide) groups is 1. The molecule has 1 aromatic carbocycles. The Morgan fingerprint density at radius 3 is 2.50 bits per heavy atom. The Morgan fingerprint density at radius 2 is 1.95 bits per heavy atom. The van der Waals surface area contributed by atoms with Crippen molar-refractivity contribution in [2.45, 2.75) is 25.5 Å². The number of carbonyl (C=O) groups excluding carboxylic acids is 1. The molecule has 0 aliphatic rings. The van der Waals surface area contributed by atoms with Gasteiger partial charge in [0.05, 0.1) is 0 Å². The van der Waals surface area contributed by atoms with E-state index in [1.807, 2.05) is 6.92 Å². The number of benzene rings is 1. The zero-order chi connectivity index (χ0) is 15.0. The lowest BCUT2D eigenvalue weighted by Crippen LogP contribution is -2.44. The van der Waals surface area contributed by atoms with Crippen LogP contribution in [0, 0.1) is 0 Å². The summed E-state index contributed by atoms with van der Waals surface area (Å²) >= 11 is 1.46. The largest absolute Gasteiger partial charge is 0.480 e. The molecule has 0 fully saturated rings. The molecule has 1 amide bonds. The first-order valence-electron chi connectivity index (χ1n) is 6.40. The second-order valence-corrected chi connectivity index (χ2v) is 5.44. The van der Waals surface area contributed by atoms with E-state index in [9.17, 15) is 14.7 Å². The van der Waals surface area contributed by atoms with Gasteiger partial charge in [-0.2, -0.15) is 11.8 Å². The zero-order valence-corrected chi connectivity index (χ0v) is 12.1. The van der Waals surface area contributed by atoms with Gasteiger partial charge < -0.3 is 15.5 Å². The number of amides is 1. The summed E-state index contributed by atoms with van der Waals surface area (Å²) in [6.07, 6.45) is -0.411. The average molecular weight is 297 g/mol. The van der Waals surface area contributed by atoms with Gasteiger partial charge in [0.25, 0.3) is 5.91 Å². The number of aliphatic carboxylic acids is 1. The van der Waals surface area contributed by atoms with E-state index in [1.165, 1.54) is 11.8 Å². The lowest BCUT2D eigenvalue weighted by Gasteiger charge is -2.17. The lowest BCUT2D eigenvalue weighted by atomic mass is 10.1. The molecular weight excluding hydrogens is 278 g/mol. The fourth-order valence-electron chi connectivity index (χ4n) is 1.56. The van der Waals surface area contributed by atoms with E-state index >= 15 is 0 Å². The van der Waals surface area contributed by atoms with Gasteiger partial charge >= 0.3 is 5.97 Å². The number of aliphatic hydroxyl groups is 1. The minimum atomic E-state index is -1.35. The van der Waals surface area contributed by atoms with Crippen LogP contribution in [0.1, 0.15) is 25.0 Å². The minimum absolute atomic E-state index is 0.288. The van der Waals surface area contributed by atoms with E-state index in [2.05, 4.69) is 5.32 Å². The number of carbonyl (C=O) groups is 2. The maximum Gasteiger partial charge on any atom is 0.327 e. The fraction of sp³-hybridized carbons (Fsp3) is 0.429. The number of hydrogen-bond donors (Lipinski definition) is 3. The summed E-state index contributed by atoms with van der Waals surface area (Å²) in [5, 5.41) is 21.3. The van der Waals surface area contributed by atoms with Crippen molar-refractivity contribution in [3.63, 3.8) is 0 Å². The van der Waals surface area contributed by atoms with Gasteiger partial charge in [0.15, 0.2) is 6.10 Å². The van der Waals surface area contributed by atoms with Crippen LogP contribution in [-0.4, -0.2) is 39.6 Å². The maximum atomic E-state index is 11.9. The first-order valence-corrected chi connectivity index (χ1v) is 7.55. The molecule has 0 heterocycles. The van der Waals surface area contributed by atoms with Gasteiger partial charge in [0.2, 0.25) is 0 Å². The van der Waals surface area contributed by atoms with Gasteiger partial charge in [-0.15, -0.1) is 0 Å². The van der Waals surface area contributed by atoms with Gasteiger partial charge in [-0.25, -0.2) is 4.79 Å². The molecule has 5 nitrogen and oxygen atoms in total. The molecule has 0 bridgehead atoms. The van der Waals surface area contributed by atoms with Crippen LogP contribution in [0.5, 0.6) is 0 Å². The third-order valence-electron chi connectivity index (χ3n) is 2.61. The third kappa shape index (κ3) is 5.22. The van der Waals surface area contributed by atoms with Crippen molar-refractivity contribution in [2.24, 2.45) is 0 Å². The van der Waals surface area contributed by atoms with Crippen LogP contribution in [-0.2, 0) is 9.59 Å². The van der Waals surface area contributed by atoms with E-state index in [0.29, 0.717) is 5.56 Å². The Labute approximate surface area is 122 Å². The summed E-state index contributed by atoms with van der Waals surface area (Å²) in [6.45, 7) is 2.00. The normalized spacial score (nSPS) is 13.5. The van der Waals surface area contributed by atoms with Gasteiger partial charge in [-0.3, -0.25) is 4.79 Å². The van der Waals surface area contributed by atoms with Gasteiger partial charge in [0, 0.05) is 5.75 Å². The number of hydrogen-bond acceptors (Lipinski definition) is 4. The number of carboxylic acid groups (broad SMARTS) is 1. The summed E-state index contributed by atoms with van der Waals surface area (Å²) in [4.78, 5) is 22.9. The molecule has 0 spiro atoms. The van der Waals surface area contributed by atoms with Crippen molar-refractivity contribution in [3.05, 3.63) is 35.9 Å². The van der Waals surface area contributed by atoms with E-state index in [0.717, 1.165) is 12.2 Å². The minimum Gasteiger partial charge on any atom is -0.480 e. The molecule has 0 aromatic heterocycles. The predicted molar refractivity (Wildman–Crippen MR) is 78.6 cm³/mol. The zero-order valence-electron chi connectivity index (χ0n) is 11.3. The first kappa shape index (κ1) is 16.5. The molecule has 1 aromatic rings. The number of aliphatic hydroxyl groups excluding tert-OH is 1. The summed E-state index contributed by atoms with van der Waals surface area (Å²) in [5.41, 5.74) is 0.440. The monoisotopic (exact) mass is 297 g/mol. The second kappa shape index (κ2) is 8.60. The fourth-order valence-corrected chi connectivity index (χ4v) is 2.47. The highest BCUT2D eigenvalue weighted by Gasteiger charge is 2.24. The molecule has 110 valence electrons. The number of carboxylic acids is 1. The molecule has 6 heteroatoms. The topological polar surface area (TPSA) is 86.6 Å². The standard InChI is InChI=1S/C14H19NO4S/c1-2-8-20-9-11(14(18)19)15-13(17)12(16)10-6-4-3-5-7-10/h3-7,11-12,16H,2,8-9H2,1H3,(H,15,17)(H,18,19). The van der Waals surface area contributed by atoms with Crippen molar-refractivity contribution >= 4 is 23.6 Å². The Kier molecular flexibility index (Phi) is 7.11. The molecule has 0 aliphatic carbocycles. The molecule has 0 aliphatic heterocycles. The molecule has 2 unspecified atom stereocenters. The van der Waals surface area contributed by atoms with Crippen molar-refractivity contribution in [3.8, 4) is 0 Å². The molecule has 0 saturated carbocycles. The number of nitrogens with one attached hydrogen (secondary N) is 1. The van der Waals surface area contributed by atoms with Crippen molar-refractivity contribution in [1.82, 2.24) is 5.32 Å². The van der Waals surface area contributed by atoms with E-state index < -0.39 is 24.0 Å². The van der Waals surface area contributed by atoms with Gasteiger partial charge in [0.1, 0.15) is 6.04 Å². The smallest absolute Gasteiger partial charge is 0.327 e. The molecule has 1 rings (SSSR count). The Morgan fingerprint density at radius 1 is 1.30 bits per heavy atom. The Hall–Kier alpha value is -1.53. The molecular formula is C14H19NO4S. The van der Waals surface area contributed by atoms with E-state index in [4.69, 9.17) is 5.11 Å². The van der Waals surface area contributed by atoms with Crippen LogP contribution in [0.2, 0.25) is 0 Å². The van der Waals surface area contributed by atoms with Crippen LogP contribution >= 0.6 is 11.8 Å². The Balaban J connectivity index is 2.59. The quantitative estimate of drug-likeness (QED) is 0.632. The van der Waals surface area contributed by atoms with Gasteiger partial charge in [-0.1, -0.05) is 37.3 Å². The SMILES string of the molecule is CCCSCC(NC(=O)C(O)c1ccccc1)C(=O)O. The van der Waals surface area contributed by atoms with Crippen LogP contribution in [0.25, 0.3) is 0 Å². The number of rotatable bonds is 8. The average Bonchev–Trinajstić information content (AvgIpc) is 2.46. The van der Waals surface area contributed by atoms with Crippen LogP contribution in [0.15, 0.2) is 30.3 Å². The first-order chi connectivity index (χ1) is 9.56. The summed E-state index contributed by atoms with van der Waals surface area (Å²) in [7, 11) is 0. The van der Waals surface area contributed by atoms with Crippen LogP contribution in [0.4, 0.5) is 0 Å². The van der Waals surface area contributed by atoms with Crippen LogP contribution in [0.3, 0.4) is 0 Å². The molecule has 0 saturated heterocycles. The summed E-state index contributed by atoms with van der Waals surface area (Å²) < 4.78 is 0. The highest BCUT2D eigenvalue weighted by Crippen LogP contribution is 2.13. The van der Waals surface area contributed by atoms with E-state index in [-0.39, 0.29) is 5.75 Å².